The van der Waals surface area contributed by atoms with Crippen LogP contribution in [0.3, 0.4) is 0 Å². The van der Waals surface area contributed by atoms with Crippen molar-refractivity contribution in [1.82, 2.24) is 4.98 Å². The number of hydrogen-bond acceptors (Lipinski definition) is 5. The van der Waals surface area contributed by atoms with E-state index in [1.165, 1.54) is 12.3 Å². The van der Waals surface area contributed by atoms with E-state index in [1.807, 2.05) is 30.3 Å². The molecule has 0 fully saturated rings. The molecule has 0 saturated carbocycles. The molecule has 124 valence electrons. The minimum Gasteiger partial charge on any atom is -0.374 e. The van der Waals surface area contributed by atoms with Gasteiger partial charge in [0, 0.05) is 6.20 Å². The van der Waals surface area contributed by atoms with Gasteiger partial charge in [-0.25, -0.2) is 0 Å². The largest absolute Gasteiger partial charge is 0.534 e. The summed E-state index contributed by atoms with van der Waals surface area (Å²) in [7, 11) is -5.75. The van der Waals surface area contributed by atoms with Crippen molar-refractivity contribution in [3.8, 4) is 5.75 Å². The second kappa shape index (κ2) is 6.97. The van der Waals surface area contributed by atoms with Crippen molar-refractivity contribution in [2.75, 3.05) is 0 Å². The number of hydrogen-bond donors (Lipinski definition) is 0. The van der Waals surface area contributed by atoms with E-state index in [9.17, 15) is 21.6 Å². The maximum atomic E-state index is 12.4. The fourth-order valence-electron chi connectivity index (χ4n) is 1.61. The molecule has 5 nitrogen and oxygen atoms in total. The number of aromatic nitrogens is 1. The Hall–Kier alpha value is -2.13. The molecule has 9 heteroatoms. The molecule has 0 amide bonds. The van der Waals surface area contributed by atoms with Crippen LogP contribution in [0.5, 0.6) is 5.75 Å². The molecule has 2 aromatic rings. The average Bonchev–Trinajstić information content (AvgIpc) is 2.49. The lowest BCUT2D eigenvalue weighted by atomic mass is 10.2. The third-order valence-corrected chi connectivity index (χ3v) is 3.65. The summed E-state index contributed by atoms with van der Waals surface area (Å²) in [5, 5.41) is 0. The van der Waals surface area contributed by atoms with Crippen LogP contribution in [0.1, 0.15) is 11.3 Å². The molecule has 0 aliphatic rings. The van der Waals surface area contributed by atoms with Crippen molar-refractivity contribution in [2.45, 2.75) is 18.7 Å². The van der Waals surface area contributed by atoms with Crippen LogP contribution in [0.25, 0.3) is 0 Å². The first-order valence-electron chi connectivity index (χ1n) is 6.36. The van der Waals surface area contributed by atoms with Crippen LogP contribution in [0.15, 0.2) is 48.7 Å². The van der Waals surface area contributed by atoms with Gasteiger partial charge >= 0.3 is 15.6 Å². The van der Waals surface area contributed by atoms with Crippen LogP contribution < -0.4 is 4.18 Å². The quantitative estimate of drug-likeness (QED) is 0.594. The molecule has 2 rings (SSSR count). The highest BCUT2D eigenvalue weighted by atomic mass is 32.2. The lowest BCUT2D eigenvalue weighted by Crippen LogP contribution is -2.28. The Morgan fingerprint density at radius 2 is 1.70 bits per heavy atom. The average molecular weight is 347 g/mol. The topological polar surface area (TPSA) is 65.5 Å². The molecule has 1 aromatic carbocycles. The van der Waals surface area contributed by atoms with Crippen LogP contribution in [-0.4, -0.2) is 18.9 Å². The van der Waals surface area contributed by atoms with Gasteiger partial charge in [-0.3, -0.25) is 4.98 Å². The first-order chi connectivity index (χ1) is 10.8. The van der Waals surface area contributed by atoms with Gasteiger partial charge in [-0.1, -0.05) is 30.3 Å². The molecule has 0 atom stereocenters. The molecule has 0 N–H and O–H groups in total. The summed E-state index contributed by atoms with van der Waals surface area (Å²) in [6, 6.07) is 11.4. The molecule has 0 aliphatic heterocycles. The van der Waals surface area contributed by atoms with Crippen LogP contribution >= 0.6 is 0 Å². The highest BCUT2D eigenvalue weighted by Crippen LogP contribution is 2.28. The van der Waals surface area contributed by atoms with Crippen molar-refractivity contribution in [1.29, 1.82) is 0 Å². The van der Waals surface area contributed by atoms with E-state index in [0.717, 1.165) is 11.6 Å². The number of benzene rings is 1. The number of rotatable bonds is 6. The summed E-state index contributed by atoms with van der Waals surface area (Å²) in [4.78, 5) is 3.79. The first kappa shape index (κ1) is 17.2. The second-order valence-electron chi connectivity index (χ2n) is 4.41. The lowest BCUT2D eigenvalue weighted by molar-refractivity contribution is -0.0500. The minimum absolute atomic E-state index is 0.0451. The van der Waals surface area contributed by atoms with Gasteiger partial charge in [0.25, 0.3) is 0 Å². The maximum absolute atomic E-state index is 12.4. The molecule has 0 unspecified atom stereocenters. The zero-order valence-corrected chi connectivity index (χ0v) is 12.5. The van der Waals surface area contributed by atoms with Gasteiger partial charge in [-0.05, 0) is 17.7 Å². The molecule has 0 spiro atoms. The molecular weight excluding hydrogens is 335 g/mol. The number of nitrogens with zero attached hydrogens (tertiary/aromatic N) is 1. The van der Waals surface area contributed by atoms with Gasteiger partial charge in [-0.15, -0.1) is 0 Å². The molecule has 0 saturated heterocycles. The summed E-state index contributed by atoms with van der Waals surface area (Å²) in [6.45, 7) is 0.00131. The van der Waals surface area contributed by atoms with E-state index in [2.05, 4.69) is 9.17 Å². The highest BCUT2D eigenvalue weighted by Gasteiger charge is 2.48. The molecule has 0 aliphatic carbocycles. The van der Waals surface area contributed by atoms with E-state index in [1.54, 1.807) is 0 Å². The monoisotopic (exact) mass is 347 g/mol. The van der Waals surface area contributed by atoms with Crippen molar-refractivity contribution >= 4 is 10.1 Å². The SMILES string of the molecule is O=S(=O)(Oc1cccnc1COCc1ccccc1)C(F)(F)F. The third kappa shape index (κ3) is 4.67. The summed E-state index contributed by atoms with van der Waals surface area (Å²) in [6.07, 6.45) is 1.30. The van der Waals surface area contributed by atoms with Gasteiger partial charge in [0.2, 0.25) is 0 Å². The van der Waals surface area contributed by atoms with E-state index in [4.69, 9.17) is 4.74 Å². The van der Waals surface area contributed by atoms with Crippen molar-refractivity contribution in [3.05, 3.63) is 59.9 Å². The van der Waals surface area contributed by atoms with E-state index >= 15 is 0 Å². The Morgan fingerprint density at radius 1 is 1.00 bits per heavy atom. The second-order valence-corrected chi connectivity index (χ2v) is 5.95. The predicted octanol–water partition coefficient (Wildman–Crippen LogP) is 3.03. The van der Waals surface area contributed by atoms with E-state index in [0.29, 0.717) is 0 Å². The number of ether oxygens (including phenoxy) is 1. The molecule has 1 heterocycles. The van der Waals surface area contributed by atoms with Crippen molar-refractivity contribution < 1.29 is 30.5 Å². The van der Waals surface area contributed by atoms with Gasteiger partial charge in [0.1, 0.15) is 5.69 Å². The molecule has 23 heavy (non-hydrogen) atoms. The number of pyridine rings is 1. The van der Waals surface area contributed by atoms with Gasteiger partial charge in [-0.2, -0.15) is 21.6 Å². The highest BCUT2D eigenvalue weighted by molar-refractivity contribution is 7.88. The zero-order valence-electron chi connectivity index (χ0n) is 11.7. The number of halogens is 3. The molecule has 0 radical (unpaired) electrons. The smallest absolute Gasteiger partial charge is 0.374 e. The van der Waals surface area contributed by atoms with Gasteiger partial charge in [0.15, 0.2) is 5.75 Å². The van der Waals surface area contributed by atoms with E-state index < -0.39 is 21.4 Å². The third-order valence-electron chi connectivity index (χ3n) is 2.68. The first-order valence-corrected chi connectivity index (χ1v) is 7.77. The lowest BCUT2D eigenvalue weighted by Gasteiger charge is -2.12. The minimum atomic E-state index is -5.75. The Labute approximate surface area is 130 Å². The van der Waals surface area contributed by atoms with Crippen LogP contribution in [0, 0.1) is 0 Å². The summed E-state index contributed by atoms with van der Waals surface area (Å²) >= 11 is 0. The van der Waals surface area contributed by atoms with Gasteiger partial charge < -0.3 is 8.92 Å². The molecule has 0 bridgehead atoms. The van der Waals surface area contributed by atoms with Gasteiger partial charge in [0.05, 0.1) is 13.2 Å². The van der Waals surface area contributed by atoms with Crippen LogP contribution in [0.4, 0.5) is 13.2 Å². The van der Waals surface area contributed by atoms with Crippen LogP contribution in [-0.2, 0) is 28.1 Å². The Kier molecular flexibility index (Phi) is 5.22. The Morgan fingerprint density at radius 3 is 2.35 bits per heavy atom. The zero-order chi connectivity index (χ0) is 16.9. The predicted molar refractivity (Wildman–Crippen MR) is 74.8 cm³/mol. The molecular formula is C14H12F3NO4S. The summed E-state index contributed by atoms with van der Waals surface area (Å²) < 4.78 is 68.6. The summed E-state index contributed by atoms with van der Waals surface area (Å²) in [5.41, 5.74) is -4.70. The summed E-state index contributed by atoms with van der Waals surface area (Å²) in [5.74, 6) is -0.516. The van der Waals surface area contributed by atoms with E-state index in [-0.39, 0.29) is 18.9 Å². The fraction of sp³-hybridized carbons (Fsp3) is 0.214. The standard InChI is InChI=1S/C14H12F3NO4S/c15-14(16,17)23(19,20)22-13-7-4-8-18-12(13)10-21-9-11-5-2-1-3-6-11/h1-8H,9-10H2. The molecule has 1 aromatic heterocycles. The fourth-order valence-corrected chi connectivity index (χ4v) is 2.10. The normalized spacial score (nSPS) is 12.1. The van der Waals surface area contributed by atoms with Crippen molar-refractivity contribution in [2.24, 2.45) is 0 Å². The van der Waals surface area contributed by atoms with Crippen LogP contribution in [0.2, 0.25) is 0 Å². The maximum Gasteiger partial charge on any atom is 0.534 e. The van der Waals surface area contributed by atoms with Crippen molar-refractivity contribution in [3.63, 3.8) is 0 Å². The number of alkyl halides is 3. The Balaban J connectivity index is 2.06. The Bertz CT molecular complexity index is 748.